The molecule has 0 saturated heterocycles. The molecule has 7 heteroatoms. The summed E-state index contributed by atoms with van der Waals surface area (Å²) in [6.45, 7) is 1.45. The van der Waals surface area contributed by atoms with Gasteiger partial charge in [0.25, 0.3) is 5.91 Å². The normalized spacial score (nSPS) is 11.7. The van der Waals surface area contributed by atoms with Crippen LogP contribution < -0.4 is 14.8 Å². The zero-order chi connectivity index (χ0) is 19.8. The van der Waals surface area contributed by atoms with Crippen molar-refractivity contribution in [3.63, 3.8) is 0 Å². The minimum absolute atomic E-state index is 0.408. The van der Waals surface area contributed by atoms with Crippen LogP contribution in [-0.4, -0.2) is 32.2 Å². The number of hydrogen-bond acceptors (Lipinski definition) is 5. The topological polar surface area (TPSA) is 73.9 Å². The van der Waals surface area contributed by atoms with Crippen molar-refractivity contribution in [2.45, 2.75) is 13.0 Å². The van der Waals surface area contributed by atoms with Crippen molar-refractivity contribution < 1.29 is 28.2 Å². The number of halogens is 1. The van der Waals surface area contributed by atoms with E-state index < -0.39 is 23.8 Å². The van der Waals surface area contributed by atoms with Gasteiger partial charge in [0.1, 0.15) is 5.82 Å². The standard InChI is InChI=1S/C20H20FNO5/c1-13(20(24)22-16-8-6-15(21)7-9-16)27-19(23)11-5-14-4-10-17(25-2)18(12-14)26-3/h4-13H,1-3H3,(H,22,24)/b11-5+/t13-/m1/s1. The van der Waals surface area contributed by atoms with Gasteiger partial charge in [0.05, 0.1) is 14.2 Å². The molecule has 0 heterocycles. The third kappa shape index (κ3) is 5.85. The zero-order valence-electron chi connectivity index (χ0n) is 15.2. The van der Waals surface area contributed by atoms with E-state index >= 15 is 0 Å². The fourth-order valence-electron chi connectivity index (χ4n) is 2.16. The number of carbonyl (C=O) groups is 2. The Labute approximate surface area is 156 Å². The minimum atomic E-state index is -1.02. The summed E-state index contributed by atoms with van der Waals surface area (Å²) in [6, 6.07) is 10.4. The van der Waals surface area contributed by atoms with Crippen LogP contribution in [0.1, 0.15) is 12.5 Å². The number of esters is 1. The van der Waals surface area contributed by atoms with E-state index in [9.17, 15) is 14.0 Å². The van der Waals surface area contributed by atoms with Gasteiger partial charge >= 0.3 is 5.97 Å². The predicted molar refractivity (Wildman–Crippen MR) is 99.2 cm³/mol. The number of hydrogen-bond donors (Lipinski definition) is 1. The van der Waals surface area contributed by atoms with Crippen molar-refractivity contribution in [1.29, 1.82) is 0 Å². The summed E-state index contributed by atoms with van der Waals surface area (Å²) in [7, 11) is 3.05. The molecule has 142 valence electrons. The molecular weight excluding hydrogens is 353 g/mol. The maximum absolute atomic E-state index is 12.9. The van der Waals surface area contributed by atoms with Gasteiger partial charge in [-0.3, -0.25) is 4.79 Å². The lowest BCUT2D eigenvalue weighted by atomic mass is 10.2. The van der Waals surface area contributed by atoms with Crippen molar-refractivity contribution in [3.05, 3.63) is 59.9 Å². The molecule has 0 aliphatic rings. The van der Waals surface area contributed by atoms with Gasteiger partial charge in [-0.25, -0.2) is 9.18 Å². The Hall–Kier alpha value is -3.35. The summed E-state index contributed by atoms with van der Waals surface area (Å²) < 4.78 is 28.3. The predicted octanol–water partition coefficient (Wildman–Crippen LogP) is 3.43. The molecule has 0 saturated carbocycles. The van der Waals surface area contributed by atoms with Gasteiger partial charge in [-0.2, -0.15) is 0 Å². The highest BCUT2D eigenvalue weighted by Crippen LogP contribution is 2.27. The van der Waals surface area contributed by atoms with Crippen LogP contribution in [0.3, 0.4) is 0 Å². The number of rotatable bonds is 7. The SMILES string of the molecule is COc1ccc(/C=C/C(=O)O[C@H](C)C(=O)Nc2ccc(F)cc2)cc1OC. The van der Waals surface area contributed by atoms with E-state index in [1.165, 1.54) is 57.6 Å². The molecule has 0 aliphatic heterocycles. The van der Waals surface area contributed by atoms with E-state index in [0.717, 1.165) is 0 Å². The average Bonchev–Trinajstić information content (AvgIpc) is 2.67. The monoisotopic (exact) mass is 373 g/mol. The Morgan fingerprint density at radius 3 is 2.33 bits per heavy atom. The number of benzene rings is 2. The van der Waals surface area contributed by atoms with E-state index in [1.54, 1.807) is 18.2 Å². The van der Waals surface area contributed by atoms with Crippen molar-refractivity contribution >= 4 is 23.6 Å². The highest BCUT2D eigenvalue weighted by Gasteiger charge is 2.16. The van der Waals surface area contributed by atoms with Crippen LogP contribution in [-0.2, 0) is 14.3 Å². The molecule has 1 amide bonds. The number of anilines is 1. The second-order valence-corrected chi connectivity index (χ2v) is 5.52. The third-order valence-corrected chi connectivity index (χ3v) is 3.59. The van der Waals surface area contributed by atoms with Crippen molar-refractivity contribution in [2.75, 3.05) is 19.5 Å². The second-order valence-electron chi connectivity index (χ2n) is 5.52. The van der Waals surface area contributed by atoms with Gasteiger partial charge in [-0.1, -0.05) is 6.07 Å². The smallest absolute Gasteiger partial charge is 0.331 e. The molecule has 6 nitrogen and oxygen atoms in total. The van der Waals surface area contributed by atoms with Gasteiger partial charge in [0.15, 0.2) is 17.6 Å². The first-order valence-corrected chi connectivity index (χ1v) is 8.10. The Bertz CT molecular complexity index is 833. The molecule has 0 radical (unpaired) electrons. The summed E-state index contributed by atoms with van der Waals surface area (Å²) in [6.07, 6.45) is 1.73. The van der Waals surface area contributed by atoms with Crippen molar-refractivity contribution in [3.8, 4) is 11.5 Å². The van der Waals surface area contributed by atoms with E-state index in [1.807, 2.05) is 0 Å². The maximum Gasteiger partial charge on any atom is 0.331 e. The van der Waals surface area contributed by atoms with Crippen LogP contribution in [0.25, 0.3) is 6.08 Å². The van der Waals surface area contributed by atoms with Gasteiger partial charge in [-0.15, -0.1) is 0 Å². The first-order chi connectivity index (χ1) is 12.9. The van der Waals surface area contributed by atoms with Gasteiger partial charge in [-0.05, 0) is 55.0 Å². The highest BCUT2D eigenvalue weighted by molar-refractivity contribution is 5.96. The lowest BCUT2D eigenvalue weighted by Crippen LogP contribution is -2.29. The molecule has 0 aromatic heterocycles. The molecule has 0 aliphatic carbocycles. The lowest BCUT2D eigenvalue weighted by molar-refractivity contribution is -0.148. The molecule has 2 rings (SSSR count). The summed E-state index contributed by atoms with van der Waals surface area (Å²) in [4.78, 5) is 23.9. The fourth-order valence-corrected chi connectivity index (χ4v) is 2.16. The summed E-state index contributed by atoms with van der Waals surface area (Å²) in [5.74, 6) is -0.503. The first kappa shape index (κ1) is 20.0. The maximum atomic E-state index is 12.9. The first-order valence-electron chi connectivity index (χ1n) is 8.10. The van der Waals surface area contributed by atoms with Crippen LogP contribution in [0.5, 0.6) is 11.5 Å². The number of nitrogens with one attached hydrogen (secondary N) is 1. The average molecular weight is 373 g/mol. The van der Waals surface area contributed by atoms with Gasteiger partial charge in [0, 0.05) is 11.8 Å². The third-order valence-electron chi connectivity index (χ3n) is 3.59. The molecule has 1 atom stereocenters. The molecule has 0 unspecified atom stereocenters. The summed E-state index contributed by atoms with van der Waals surface area (Å²) in [5.41, 5.74) is 1.11. The molecule has 0 fully saturated rings. The molecule has 1 N–H and O–H groups in total. The van der Waals surface area contributed by atoms with Crippen molar-refractivity contribution in [2.24, 2.45) is 0 Å². The largest absolute Gasteiger partial charge is 0.493 e. The number of ether oxygens (including phenoxy) is 3. The molecule has 2 aromatic rings. The zero-order valence-corrected chi connectivity index (χ0v) is 15.2. The molecular formula is C20H20FNO5. The van der Waals surface area contributed by atoms with Crippen LogP contribution in [0.15, 0.2) is 48.5 Å². The fraction of sp³-hybridized carbons (Fsp3) is 0.200. The second kappa shape index (κ2) is 9.38. The highest BCUT2D eigenvalue weighted by atomic mass is 19.1. The van der Waals surface area contributed by atoms with Crippen LogP contribution in [0, 0.1) is 5.82 Å². The minimum Gasteiger partial charge on any atom is -0.493 e. The van der Waals surface area contributed by atoms with E-state index in [-0.39, 0.29) is 0 Å². The van der Waals surface area contributed by atoms with Crippen LogP contribution >= 0.6 is 0 Å². The number of carbonyl (C=O) groups excluding carboxylic acids is 2. The number of methoxy groups -OCH3 is 2. The quantitative estimate of drug-likeness (QED) is 0.595. The molecule has 27 heavy (non-hydrogen) atoms. The molecule has 0 spiro atoms. The Morgan fingerprint density at radius 1 is 1.04 bits per heavy atom. The summed E-state index contributed by atoms with van der Waals surface area (Å²) >= 11 is 0. The van der Waals surface area contributed by atoms with Gasteiger partial charge < -0.3 is 19.5 Å². The van der Waals surface area contributed by atoms with E-state index in [2.05, 4.69) is 5.32 Å². The Kier molecular flexibility index (Phi) is 6.93. The van der Waals surface area contributed by atoms with Gasteiger partial charge in [0.2, 0.25) is 0 Å². The molecule has 2 aromatic carbocycles. The van der Waals surface area contributed by atoms with Crippen molar-refractivity contribution in [1.82, 2.24) is 0 Å². The summed E-state index contributed by atoms with van der Waals surface area (Å²) in [5, 5.41) is 2.54. The van der Waals surface area contributed by atoms with E-state index in [0.29, 0.717) is 22.7 Å². The van der Waals surface area contributed by atoms with Crippen LogP contribution in [0.2, 0.25) is 0 Å². The Morgan fingerprint density at radius 2 is 1.70 bits per heavy atom. The van der Waals surface area contributed by atoms with Crippen LogP contribution in [0.4, 0.5) is 10.1 Å². The number of amides is 1. The molecule has 0 bridgehead atoms. The Balaban J connectivity index is 1.93. The van der Waals surface area contributed by atoms with E-state index in [4.69, 9.17) is 14.2 Å². The lowest BCUT2D eigenvalue weighted by Gasteiger charge is -2.12.